The van der Waals surface area contributed by atoms with Crippen LogP contribution in [0, 0.1) is 0 Å². The summed E-state index contributed by atoms with van der Waals surface area (Å²) in [6, 6.07) is 3.94. The molecule has 162 valence electrons. The van der Waals surface area contributed by atoms with E-state index < -0.39 is 19.7 Å². The van der Waals surface area contributed by atoms with Crippen molar-refractivity contribution in [1.82, 2.24) is 14.8 Å². The summed E-state index contributed by atoms with van der Waals surface area (Å²) in [6.07, 6.45) is 5.45. The zero-order chi connectivity index (χ0) is 19.1. The van der Waals surface area contributed by atoms with Gasteiger partial charge in [-0.3, -0.25) is 4.68 Å². The lowest BCUT2D eigenvalue weighted by Crippen LogP contribution is -2.04. The lowest BCUT2D eigenvalue weighted by molar-refractivity contribution is 0.595. The number of benzene rings is 1. The largest absolute Gasteiger partial charge is 0.325 e. The fraction of sp³-hybridized carbons (Fsp3) is 0.200. The number of rotatable bonds is 5. The molecule has 0 amide bonds. The predicted octanol–water partition coefficient (Wildman–Crippen LogP) is 2.50. The zero-order valence-corrected chi connectivity index (χ0v) is 20.1. The van der Waals surface area contributed by atoms with Gasteiger partial charge in [-0.1, -0.05) is 0 Å². The molecular formula is C15H19Cl3N4O4S3. The van der Waals surface area contributed by atoms with Crippen LogP contribution in [0.15, 0.2) is 50.8 Å². The van der Waals surface area contributed by atoms with Crippen LogP contribution in [-0.2, 0) is 33.3 Å². The molecule has 14 heteroatoms. The normalized spacial score (nSPS) is 11.1. The molecule has 0 aliphatic carbocycles. The van der Waals surface area contributed by atoms with Gasteiger partial charge >= 0.3 is 0 Å². The zero-order valence-electron chi connectivity index (χ0n) is 15.2. The molecule has 2 heterocycles. The Morgan fingerprint density at radius 2 is 1.76 bits per heavy atom. The fourth-order valence-electron chi connectivity index (χ4n) is 2.41. The van der Waals surface area contributed by atoms with Gasteiger partial charge in [0, 0.05) is 37.2 Å². The second-order valence-electron chi connectivity index (χ2n) is 5.61. The molecule has 0 saturated heterocycles. The maximum Gasteiger partial charge on any atom is 0.217 e. The van der Waals surface area contributed by atoms with E-state index in [1.807, 2.05) is 0 Å². The molecule has 0 spiro atoms. The van der Waals surface area contributed by atoms with E-state index in [-0.39, 0.29) is 63.3 Å². The van der Waals surface area contributed by atoms with Crippen LogP contribution in [0.1, 0.15) is 5.01 Å². The summed E-state index contributed by atoms with van der Waals surface area (Å²) in [4.78, 5) is 3.99. The smallest absolute Gasteiger partial charge is 0.217 e. The van der Waals surface area contributed by atoms with E-state index in [2.05, 4.69) is 10.1 Å². The van der Waals surface area contributed by atoms with Crippen LogP contribution in [0.2, 0.25) is 0 Å². The Hall–Kier alpha value is -1.21. The first-order valence-electron chi connectivity index (χ1n) is 7.36. The summed E-state index contributed by atoms with van der Waals surface area (Å²) in [7, 11) is -5.70. The van der Waals surface area contributed by atoms with E-state index in [1.54, 1.807) is 13.2 Å². The van der Waals surface area contributed by atoms with Crippen molar-refractivity contribution in [3.8, 4) is 11.1 Å². The van der Waals surface area contributed by atoms with Crippen molar-refractivity contribution in [3.63, 3.8) is 0 Å². The molecule has 0 bridgehead atoms. The van der Waals surface area contributed by atoms with Gasteiger partial charge in [-0.05, 0) is 18.2 Å². The molecule has 0 aliphatic heterocycles. The van der Waals surface area contributed by atoms with Crippen LogP contribution in [-0.4, -0.2) is 37.9 Å². The molecule has 0 fully saturated rings. The van der Waals surface area contributed by atoms with Gasteiger partial charge in [-0.2, -0.15) is 5.10 Å². The molecule has 3 rings (SSSR count). The summed E-state index contributed by atoms with van der Waals surface area (Å²) in [6.45, 7) is 0.147. The van der Waals surface area contributed by atoms with Crippen molar-refractivity contribution in [2.45, 2.75) is 20.5 Å². The third kappa shape index (κ3) is 5.69. The summed E-state index contributed by atoms with van der Waals surface area (Å²) >= 11 is 0.991. The van der Waals surface area contributed by atoms with Gasteiger partial charge in [0.05, 0.1) is 22.2 Å². The number of hydrogen-bond acceptors (Lipinski definition) is 8. The number of aryl methyl sites for hydroxylation is 1. The Bertz CT molecular complexity index is 1190. The van der Waals surface area contributed by atoms with Gasteiger partial charge in [0.15, 0.2) is 9.84 Å². The van der Waals surface area contributed by atoms with Crippen LogP contribution in [0.25, 0.3) is 11.1 Å². The first-order valence-corrected chi connectivity index (χ1v) is 11.5. The van der Waals surface area contributed by atoms with Crippen molar-refractivity contribution in [2.24, 2.45) is 12.8 Å². The molecule has 3 aromatic rings. The van der Waals surface area contributed by atoms with Crippen molar-refractivity contribution in [2.75, 3.05) is 6.26 Å². The molecule has 0 saturated carbocycles. The molecule has 29 heavy (non-hydrogen) atoms. The van der Waals surface area contributed by atoms with Gasteiger partial charge in [0.25, 0.3) is 0 Å². The summed E-state index contributed by atoms with van der Waals surface area (Å²) in [5, 5.41) is 4.53. The first kappa shape index (κ1) is 27.8. The van der Waals surface area contributed by atoms with E-state index in [0.717, 1.165) is 17.6 Å². The van der Waals surface area contributed by atoms with Crippen molar-refractivity contribution in [1.29, 1.82) is 0 Å². The fourth-order valence-corrected chi connectivity index (χ4v) is 5.79. The quantitative estimate of drug-likeness (QED) is 0.547. The third-order valence-electron chi connectivity index (χ3n) is 3.65. The van der Waals surface area contributed by atoms with E-state index in [9.17, 15) is 16.8 Å². The molecule has 0 atom stereocenters. The molecule has 0 unspecified atom stereocenters. The molecular weight excluding hydrogens is 503 g/mol. The van der Waals surface area contributed by atoms with Crippen LogP contribution >= 0.6 is 48.6 Å². The predicted molar refractivity (Wildman–Crippen MR) is 119 cm³/mol. The first-order chi connectivity index (χ1) is 12.1. The third-order valence-corrected chi connectivity index (χ3v) is 8.04. The van der Waals surface area contributed by atoms with E-state index in [4.69, 9.17) is 5.73 Å². The van der Waals surface area contributed by atoms with Crippen LogP contribution in [0.5, 0.6) is 0 Å². The Kier molecular flexibility index (Phi) is 9.78. The molecule has 2 aromatic heterocycles. The van der Waals surface area contributed by atoms with Gasteiger partial charge in [0.2, 0.25) is 9.84 Å². The maximum absolute atomic E-state index is 12.9. The number of hydrogen-bond donors (Lipinski definition) is 1. The Labute approximate surface area is 191 Å². The molecule has 0 radical (unpaired) electrons. The molecule has 1 aromatic carbocycles. The van der Waals surface area contributed by atoms with E-state index in [1.165, 1.54) is 35.3 Å². The van der Waals surface area contributed by atoms with Crippen LogP contribution < -0.4 is 5.73 Å². The highest BCUT2D eigenvalue weighted by Crippen LogP contribution is 2.33. The topological polar surface area (TPSA) is 125 Å². The van der Waals surface area contributed by atoms with Gasteiger partial charge in [0.1, 0.15) is 9.22 Å². The molecule has 2 N–H and O–H groups in total. The molecule has 0 aliphatic rings. The van der Waals surface area contributed by atoms with Crippen LogP contribution in [0.4, 0.5) is 0 Å². The number of sulfone groups is 2. The van der Waals surface area contributed by atoms with E-state index >= 15 is 0 Å². The van der Waals surface area contributed by atoms with Crippen molar-refractivity contribution >= 4 is 68.2 Å². The minimum atomic E-state index is -3.84. The highest BCUT2D eigenvalue weighted by Gasteiger charge is 2.24. The number of aromatic nitrogens is 3. The monoisotopic (exact) mass is 520 g/mol. The number of halogens is 3. The Morgan fingerprint density at radius 1 is 1.10 bits per heavy atom. The van der Waals surface area contributed by atoms with Crippen molar-refractivity contribution in [3.05, 3.63) is 41.8 Å². The average Bonchev–Trinajstić information content (AvgIpc) is 3.22. The Morgan fingerprint density at radius 3 is 2.24 bits per heavy atom. The summed E-state index contributed by atoms with van der Waals surface area (Å²) in [5.41, 5.74) is 6.29. The average molecular weight is 522 g/mol. The standard InChI is InChI=1S/C15H16N4O4S3.3ClH/c1-19-9-10(7-18-19)12-5-11(3-4-13(12)25(2,20)21)26(22,23)15-8-17-14(6-16)24-15;;;/h3-5,7-9H,6,16H2,1-2H3;3*1H. The van der Waals surface area contributed by atoms with E-state index in [0.29, 0.717) is 10.6 Å². The van der Waals surface area contributed by atoms with Crippen molar-refractivity contribution < 1.29 is 16.8 Å². The van der Waals surface area contributed by atoms with Gasteiger partial charge in [-0.25, -0.2) is 21.8 Å². The second kappa shape index (κ2) is 10.2. The lowest BCUT2D eigenvalue weighted by Gasteiger charge is -2.09. The number of nitrogens with two attached hydrogens (primary N) is 1. The highest BCUT2D eigenvalue weighted by atomic mass is 35.5. The summed E-state index contributed by atoms with van der Waals surface area (Å²) in [5.74, 6) is 0. The highest BCUT2D eigenvalue weighted by molar-refractivity contribution is 7.93. The minimum Gasteiger partial charge on any atom is -0.325 e. The number of nitrogens with zero attached hydrogens (tertiary/aromatic N) is 3. The molecule has 8 nitrogen and oxygen atoms in total. The summed E-state index contributed by atoms with van der Waals surface area (Å²) < 4.78 is 51.5. The number of thiazole rings is 1. The van der Waals surface area contributed by atoms with Gasteiger partial charge < -0.3 is 5.73 Å². The van der Waals surface area contributed by atoms with Gasteiger partial charge in [-0.15, -0.1) is 48.6 Å². The second-order valence-corrected chi connectivity index (χ2v) is 10.9. The van der Waals surface area contributed by atoms with Crippen LogP contribution in [0.3, 0.4) is 0 Å². The lowest BCUT2D eigenvalue weighted by atomic mass is 10.1. The Balaban J connectivity index is 0.00000261. The SMILES string of the molecule is Cl.Cl.Cl.Cn1cc(-c2cc(S(=O)(=O)c3cnc(CN)s3)ccc2S(C)(=O)=O)cn1. The maximum atomic E-state index is 12.9. The minimum absolute atomic E-state index is 0.